The van der Waals surface area contributed by atoms with Crippen LogP contribution in [0.5, 0.6) is 0 Å². The Balaban J connectivity index is 2.99. The largest absolute Gasteiger partial charge is 0.416 e. The van der Waals surface area contributed by atoms with Crippen molar-refractivity contribution in [3.05, 3.63) is 35.4 Å². The Hall–Kier alpha value is -1.07. The first-order valence-corrected chi connectivity index (χ1v) is 7.07. The van der Waals surface area contributed by atoms with Crippen molar-refractivity contribution in [2.24, 2.45) is 11.8 Å². The van der Waals surface area contributed by atoms with Crippen LogP contribution in [0.15, 0.2) is 24.3 Å². The first kappa shape index (κ1) is 17.0. The van der Waals surface area contributed by atoms with E-state index in [0.29, 0.717) is 5.56 Å². The summed E-state index contributed by atoms with van der Waals surface area (Å²) in [6.07, 6.45) is -0.366. The van der Waals surface area contributed by atoms with Gasteiger partial charge in [0, 0.05) is 6.04 Å². The summed E-state index contributed by atoms with van der Waals surface area (Å²) >= 11 is 0. The van der Waals surface area contributed by atoms with Crippen LogP contribution in [0.1, 0.15) is 56.7 Å². The maximum absolute atomic E-state index is 12.8. The molecular formula is C15H23F3N2. The average molecular weight is 288 g/mol. The SMILES string of the molecule is CCCCC(CC)C(NN)c1cccc(C(F)(F)F)c1. The molecule has 114 valence electrons. The summed E-state index contributed by atoms with van der Waals surface area (Å²) in [6, 6.07) is 5.18. The van der Waals surface area contributed by atoms with Crippen LogP contribution < -0.4 is 11.3 Å². The lowest BCUT2D eigenvalue weighted by Crippen LogP contribution is -2.33. The highest BCUT2D eigenvalue weighted by atomic mass is 19.4. The number of nitrogens with two attached hydrogens (primary N) is 1. The molecule has 0 fully saturated rings. The number of unbranched alkanes of at least 4 members (excludes halogenated alkanes) is 1. The van der Waals surface area contributed by atoms with Crippen molar-refractivity contribution >= 4 is 0 Å². The summed E-state index contributed by atoms with van der Waals surface area (Å²) in [4.78, 5) is 0. The third kappa shape index (κ3) is 4.49. The summed E-state index contributed by atoms with van der Waals surface area (Å²) in [6.45, 7) is 4.14. The molecule has 1 aromatic rings. The summed E-state index contributed by atoms with van der Waals surface area (Å²) < 4.78 is 38.3. The zero-order valence-electron chi connectivity index (χ0n) is 12.0. The van der Waals surface area contributed by atoms with E-state index in [9.17, 15) is 13.2 Å². The predicted octanol–water partition coefficient (Wildman–Crippen LogP) is 4.43. The molecule has 3 N–H and O–H groups in total. The molecule has 0 aromatic heterocycles. The highest BCUT2D eigenvalue weighted by Gasteiger charge is 2.31. The van der Waals surface area contributed by atoms with Gasteiger partial charge in [-0.1, -0.05) is 45.2 Å². The third-order valence-electron chi connectivity index (χ3n) is 3.68. The van der Waals surface area contributed by atoms with Crippen molar-refractivity contribution in [2.75, 3.05) is 0 Å². The van der Waals surface area contributed by atoms with E-state index < -0.39 is 11.7 Å². The predicted molar refractivity (Wildman–Crippen MR) is 74.8 cm³/mol. The maximum atomic E-state index is 12.8. The first-order valence-electron chi connectivity index (χ1n) is 7.07. The number of hydrogen-bond donors (Lipinski definition) is 2. The maximum Gasteiger partial charge on any atom is 0.416 e. The quantitative estimate of drug-likeness (QED) is 0.575. The number of halogens is 3. The van der Waals surface area contributed by atoms with Gasteiger partial charge in [0.25, 0.3) is 0 Å². The Bertz CT molecular complexity index is 404. The van der Waals surface area contributed by atoms with Crippen LogP contribution in [0.25, 0.3) is 0 Å². The van der Waals surface area contributed by atoms with Gasteiger partial charge in [-0.05, 0) is 30.0 Å². The average Bonchev–Trinajstić information content (AvgIpc) is 2.42. The van der Waals surface area contributed by atoms with Gasteiger partial charge in [-0.15, -0.1) is 0 Å². The normalized spacial score (nSPS) is 15.1. The van der Waals surface area contributed by atoms with Crippen LogP contribution in [0.2, 0.25) is 0 Å². The van der Waals surface area contributed by atoms with Crippen LogP contribution in [0.3, 0.4) is 0 Å². The van der Waals surface area contributed by atoms with Gasteiger partial charge < -0.3 is 0 Å². The van der Waals surface area contributed by atoms with Gasteiger partial charge in [0.1, 0.15) is 0 Å². The minimum absolute atomic E-state index is 0.239. The third-order valence-corrected chi connectivity index (χ3v) is 3.68. The van der Waals surface area contributed by atoms with E-state index in [1.54, 1.807) is 6.07 Å². The van der Waals surface area contributed by atoms with Gasteiger partial charge in [0.15, 0.2) is 0 Å². The van der Waals surface area contributed by atoms with E-state index in [4.69, 9.17) is 5.84 Å². The topological polar surface area (TPSA) is 38.0 Å². The highest BCUT2D eigenvalue weighted by Crippen LogP contribution is 2.33. The Labute approximate surface area is 118 Å². The molecule has 0 radical (unpaired) electrons. The fourth-order valence-electron chi connectivity index (χ4n) is 2.49. The molecule has 0 spiro atoms. The summed E-state index contributed by atoms with van der Waals surface area (Å²) in [5.74, 6) is 5.82. The minimum Gasteiger partial charge on any atom is -0.271 e. The number of alkyl halides is 3. The monoisotopic (exact) mass is 288 g/mol. The van der Waals surface area contributed by atoms with Crippen LogP contribution in [-0.4, -0.2) is 0 Å². The molecule has 5 heteroatoms. The molecule has 0 saturated heterocycles. The fourth-order valence-corrected chi connectivity index (χ4v) is 2.49. The summed E-state index contributed by atoms with van der Waals surface area (Å²) in [5.41, 5.74) is 2.67. The van der Waals surface area contributed by atoms with E-state index in [0.717, 1.165) is 31.7 Å². The van der Waals surface area contributed by atoms with Gasteiger partial charge in [0.05, 0.1) is 5.56 Å². The standard InChI is InChI=1S/C15H23F3N2/c1-3-5-7-11(4-2)14(20-19)12-8-6-9-13(10-12)15(16,17)18/h6,8-11,14,20H,3-5,7,19H2,1-2H3. The lowest BCUT2D eigenvalue weighted by atomic mass is 9.87. The fraction of sp³-hybridized carbons (Fsp3) is 0.600. The molecular weight excluding hydrogens is 265 g/mol. The Kier molecular flexibility index (Phi) is 6.49. The van der Waals surface area contributed by atoms with Crippen molar-refractivity contribution in [3.63, 3.8) is 0 Å². The van der Waals surface area contributed by atoms with E-state index >= 15 is 0 Å². The van der Waals surface area contributed by atoms with Crippen molar-refractivity contribution in [2.45, 2.75) is 51.7 Å². The molecule has 0 aliphatic rings. The molecule has 0 aliphatic carbocycles. The Morgan fingerprint density at radius 1 is 1.25 bits per heavy atom. The van der Waals surface area contributed by atoms with Crippen molar-refractivity contribution in [3.8, 4) is 0 Å². The first-order chi connectivity index (χ1) is 9.43. The van der Waals surface area contributed by atoms with Crippen molar-refractivity contribution in [1.82, 2.24) is 5.43 Å². The Morgan fingerprint density at radius 3 is 2.45 bits per heavy atom. The van der Waals surface area contributed by atoms with Crippen LogP contribution in [0.4, 0.5) is 13.2 Å². The molecule has 0 aliphatic heterocycles. The van der Waals surface area contributed by atoms with Crippen molar-refractivity contribution in [1.29, 1.82) is 0 Å². The number of benzene rings is 1. The number of hydrazine groups is 1. The number of hydrogen-bond acceptors (Lipinski definition) is 2. The van der Waals surface area contributed by atoms with Crippen LogP contribution in [0, 0.1) is 5.92 Å². The van der Waals surface area contributed by atoms with Crippen molar-refractivity contribution < 1.29 is 13.2 Å². The van der Waals surface area contributed by atoms with E-state index in [1.165, 1.54) is 12.1 Å². The van der Waals surface area contributed by atoms with Gasteiger partial charge in [-0.3, -0.25) is 11.3 Å². The molecule has 0 amide bonds. The zero-order valence-corrected chi connectivity index (χ0v) is 12.0. The number of rotatable bonds is 7. The molecule has 2 nitrogen and oxygen atoms in total. The smallest absolute Gasteiger partial charge is 0.271 e. The second-order valence-corrected chi connectivity index (χ2v) is 5.08. The highest BCUT2D eigenvalue weighted by molar-refractivity contribution is 5.28. The van der Waals surface area contributed by atoms with E-state index in [-0.39, 0.29) is 12.0 Å². The molecule has 0 saturated carbocycles. The number of nitrogens with one attached hydrogen (secondary N) is 1. The lowest BCUT2D eigenvalue weighted by Gasteiger charge is -2.26. The molecule has 2 atom stereocenters. The van der Waals surface area contributed by atoms with Crippen LogP contribution in [-0.2, 0) is 6.18 Å². The van der Waals surface area contributed by atoms with Gasteiger partial charge in [-0.25, -0.2) is 0 Å². The minimum atomic E-state index is -4.32. The Morgan fingerprint density at radius 2 is 1.95 bits per heavy atom. The lowest BCUT2D eigenvalue weighted by molar-refractivity contribution is -0.137. The van der Waals surface area contributed by atoms with E-state index in [2.05, 4.69) is 12.3 Å². The zero-order chi connectivity index (χ0) is 15.2. The summed E-state index contributed by atoms with van der Waals surface area (Å²) in [7, 11) is 0. The second kappa shape index (κ2) is 7.64. The van der Waals surface area contributed by atoms with Gasteiger partial charge in [0.2, 0.25) is 0 Å². The van der Waals surface area contributed by atoms with E-state index in [1.807, 2.05) is 6.92 Å². The molecule has 1 rings (SSSR count). The molecule has 2 unspecified atom stereocenters. The van der Waals surface area contributed by atoms with Crippen LogP contribution >= 0.6 is 0 Å². The molecule has 0 heterocycles. The van der Waals surface area contributed by atoms with Gasteiger partial charge >= 0.3 is 6.18 Å². The molecule has 20 heavy (non-hydrogen) atoms. The molecule has 0 bridgehead atoms. The van der Waals surface area contributed by atoms with Gasteiger partial charge in [-0.2, -0.15) is 13.2 Å². The summed E-state index contributed by atoms with van der Waals surface area (Å²) in [5, 5.41) is 0. The second-order valence-electron chi connectivity index (χ2n) is 5.08. The molecule has 1 aromatic carbocycles.